The second-order valence-corrected chi connectivity index (χ2v) is 7.45. The molecule has 29 heavy (non-hydrogen) atoms. The standard InChI is InChI=1S/C25H25N3S/c1-3-5-6-7-8-12-20(4-2)24-22(14-10-17-27-24)29-23-15-11-18-28-25(23)21-13-9-16-26-19-21/h4,6-19H,3,5H2,1-2H3/b7-6+,12-8-,20-4+. The van der Waals surface area contributed by atoms with Crippen LogP contribution < -0.4 is 0 Å². The highest BCUT2D eigenvalue weighted by molar-refractivity contribution is 7.99. The summed E-state index contributed by atoms with van der Waals surface area (Å²) in [6.45, 7) is 4.23. The average Bonchev–Trinajstić information content (AvgIpc) is 2.78. The minimum absolute atomic E-state index is 0.931. The highest BCUT2D eigenvalue weighted by Gasteiger charge is 2.12. The van der Waals surface area contributed by atoms with Gasteiger partial charge in [-0.25, -0.2) is 0 Å². The van der Waals surface area contributed by atoms with Crippen molar-refractivity contribution in [2.45, 2.75) is 36.5 Å². The van der Waals surface area contributed by atoms with Crippen LogP contribution in [0.1, 0.15) is 32.4 Å². The van der Waals surface area contributed by atoms with Crippen molar-refractivity contribution in [2.75, 3.05) is 0 Å². The maximum Gasteiger partial charge on any atom is 0.0856 e. The van der Waals surface area contributed by atoms with Crippen LogP contribution in [-0.4, -0.2) is 15.0 Å². The van der Waals surface area contributed by atoms with Crippen LogP contribution in [0.25, 0.3) is 16.8 Å². The molecule has 0 radical (unpaired) electrons. The van der Waals surface area contributed by atoms with Crippen LogP contribution in [0.4, 0.5) is 0 Å². The normalized spacial score (nSPS) is 12.1. The molecule has 3 heterocycles. The van der Waals surface area contributed by atoms with Crippen molar-refractivity contribution in [1.29, 1.82) is 0 Å². The summed E-state index contributed by atoms with van der Waals surface area (Å²) >= 11 is 1.68. The Balaban J connectivity index is 1.91. The molecule has 0 aliphatic heterocycles. The first-order valence-corrected chi connectivity index (χ1v) is 10.6. The largest absolute Gasteiger partial charge is 0.264 e. The van der Waals surface area contributed by atoms with Gasteiger partial charge in [-0.2, -0.15) is 0 Å². The monoisotopic (exact) mass is 399 g/mol. The van der Waals surface area contributed by atoms with Crippen LogP contribution in [0.3, 0.4) is 0 Å². The first kappa shape index (κ1) is 20.7. The smallest absolute Gasteiger partial charge is 0.0856 e. The maximum absolute atomic E-state index is 4.67. The Morgan fingerprint density at radius 2 is 1.76 bits per heavy atom. The summed E-state index contributed by atoms with van der Waals surface area (Å²) in [7, 11) is 0. The SMILES string of the molecule is C\C=C(/C=C\C=C\CCC)c1ncccc1Sc1cccnc1-c1cccnc1. The van der Waals surface area contributed by atoms with Gasteiger partial charge in [-0.3, -0.25) is 15.0 Å². The Morgan fingerprint density at radius 1 is 0.966 bits per heavy atom. The number of hydrogen-bond acceptors (Lipinski definition) is 4. The van der Waals surface area contributed by atoms with Gasteiger partial charge < -0.3 is 0 Å². The quantitative estimate of drug-likeness (QED) is 0.382. The van der Waals surface area contributed by atoms with Crippen molar-refractivity contribution in [2.24, 2.45) is 0 Å². The minimum Gasteiger partial charge on any atom is -0.264 e. The van der Waals surface area contributed by atoms with Gasteiger partial charge in [-0.1, -0.05) is 55.5 Å². The third kappa shape index (κ3) is 5.75. The molecule has 0 saturated carbocycles. The van der Waals surface area contributed by atoms with Crippen molar-refractivity contribution in [1.82, 2.24) is 15.0 Å². The Labute approximate surface area is 177 Å². The Kier molecular flexibility index (Phi) is 7.96. The van der Waals surface area contributed by atoms with Gasteiger partial charge in [0.2, 0.25) is 0 Å². The zero-order valence-electron chi connectivity index (χ0n) is 16.8. The summed E-state index contributed by atoms with van der Waals surface area (Å²) in [4.78, 5) is 15.7. The van der Waals surface area contributed by atoms with Crippen molar-refractivity contribution < 1.29 is 0 Å². The summed E-state index contributed by atoms with van der Waals surface area (Å²) in [5.41, 5.74) is 4.01. The predicted molar refractivity (Wildman–Crippen MR) is 123 cm³/mol. The fraction of sp³-hybridized carbons (Fsp3) is 0.160. The third-order valence-corrected chi connectivity index (χ3v) is 5.36. The number of hydrogen-bond donors (Lipinski definition) is 0. The van der Waals surface area contributed by atoms with Crippen molar-refractivity contribution in [3.05, 3.63) is 97.3 Å². The number of aromatic nitrogens is 3. The molecule has 0 aromatic carbocycles. The molecule has 0 aliphatic carbocycles. The second kappa shape index (κ2) is 11.1. The van der Waals surface area contributed by atoms with E-state index in [4.69, 9.17) is 0 Å². The predicted octanol–water partition coefficient (Wildman–Crippen LogP) is 7.01. The van der Waals surface area contributed by atoms with Gasteiger partial charge in [0.15, 0.2) is 0 Å². The molecular formula is C25H25N3S. The minimum atomic E-state index is 0.931. The summed E-state index contributed by atoms with van der Waals surface area (Å²) < 4.78 is 0. The summed E-state index contributed by atoms with van der Waals surface area (Å²) in [6, 6.07) is 12.1. The van der Waals surface area contributed by atoms with Gasteiger partial charge >= 0.3 is 0 Å². The first-order chi connectivity index (χ1) is 14.3. The molecule has 0 atom stereocenters. The fourth-order valence-corrected chi connectivity index (χ4v) is 3.88. The molecular weight excluding hydrogens is 374 g/mol. The molecule has 0 unspecified atom stereocenters. The highest BCUT2D eigenvalue weighted by atomic mass is 32.2. The average molecular weight is 400 g/mol. The van der Waals surface area contributed by atoms with Crippen LogP contribution in [0.5, 0.6) is 0 Å². The molecule has 3 nitrogen and oxygen atoms in total. The van der Waals surface area contributed by atoms with Gasteiger partial charge in [0.05, 0.1) is 11.4 Å². The van der Waals surface area contributed by atoms with E-state index in [-0.39, 0.29) is 0 Å². The number of rotatable bonds is 8. The molecule has 3 aromatic heterocycles. The lowest BCUT2D eigenvalue weighted by atomic mass is 10.1. The van der Waals surface area contributed by atoms with Gasteiger partial charge in [0, 0.05) is 40.1 Å². The Hall–Kier alpha value is -2.98. The second-order valence-electron chi connectivity index (χ2n) is 6.36. The summed E-state index contributed by atoms with van der Waals surface area (Å²) in [5.74, 6) is 0. The topological polar surface area (TPSA) is 38.7 Å². The van der Waals surface area contributed by atoms with E-state index in [0.29, 0.717) is 0 Å². The van der Waals surface area contributed by atoms with Gasteiger partial charge in [0.1, 0.15) is 0 Å². The fourth-order valence-electron chi connectivity index (χ4n) is 2.81. The Morgan fingerprint density at radius 3 is 2.52 bits per heavy atom. The van der Waals surface area contributed by atoms with E-state index < -0.39 is 0 Å². The molecule has 146 valence electrons. The molecule has 0 saturated heterocycles. The van der Waals surface area contributed by atoms with Crippen LogP contribution in [0, 0.1) is 0 Å². The maximum atomic E-state index is 4.67. The van der Waals surface area contributed by atoms with E-state index in [2.05, 4.69) is 64.4 Å². The van der Waals surface area contributed by atoms with Gasteiger partial charge in [0.25, 0.3) is 0 Å². The van der Waals surface area contributed by atoms with Gasteiger partial charge in [-0.05, 0) is 55.3 Å². The lowest BCUT2D eigenvalue weighted by Crippen LogP contribution is -1.92. The van der Waals surface area contributed by atoms with Crippen molar-refractivity contribution in [3.63, 3.8) is 0 Å². The van der Waals surface area contributed by atoms with Crippen LogP contribution >= 0.6 is 11.8 Å². The number of unbranched alkanes of at least 4 members (excludes halogenated alkanes) is 1. The van der Waals surface area contributed by atoms with E-state index in [1.807, 2.05) is 49.8 Å². The van der Waals surface area contributed by atoms with E-state index in [1.165, 1.54) is 0 Å². The van der Waals surface area contributed by atoms with E-state index >= 15 is 0 Å². The lowest BCUT2D eigenvalue weighted by molar-refractivity contribution is 0.959. The van der Waals surface area contributed by atoms with Crippen LogP contribution in [0.15, 0.2) is 101 Å². The molecule has 3 rings (SSSR count). The lowest BCUT2D eigenvalue weighted by Gasteiger charge is -2.11. The molecule has 3 aromatic rings. The number of pyridine rings is 3. The number of nitrogens with zero attached hydrogens (tertiary/aromatic N) is 3. The van der Waals surface area contributed by atoms with E-state index in [9.17, 15) is 0 Å². The molecule has 0 aliphatic rings. The highest BCUT2D eigenvalue weighted by Crippen LogP contribution is 2.37. The van der Waals surface area contributed by atoms with Crippen LogP contribution in [0.2, 0.25) is 0 Å². The molecule has 0 amide bonds. The molecule has 0 spiro atoms. The number of allylic oxidation sites excluding steroid dienone is 6. The zero-order chi connectivity index (χ0) is 20.3. The Bertz CT molecular complexity index is 1010. The van der Waals surface area contributed by atoms with E-state index in [0.717, 1.165) is 45.2 Å². The molecule has 0 fully saturated rings. The third-order valence-electron chi connectivity index (χ3n) is 4.26. The van der Waals surface area contributed by atoms with Crippen molar-refractivity contribution >= 4 is 17.3 Å². The zero-order valence-corrected chi connectivity index (χ0v) is 17.6. The summed E-state index contributed by atoms with van der Waals surface area (Å²) in [5, 5.41) is 0. The van der Waals surface area contributed by atoms with Gasteiger partial charge in [-0.15, -0.1) is 0 Å². The molecule has 0 N–H and O–H groups in total. The van der Waals surface area contributed by atoms with Crippen LogP contribution in [-0.2, 0) is 0 Å². The first-order valence-electron chi connectivity index (χ1n) is 9.81. The van der Waals surface area contributed by atoms with E-state index in [1.54, 1.807) is 18.0 Å². The summed E-state index contributed by atoms with van der Waals surface area (Å²) in [6.07, 6.45) is 20.1. The molecule has 4 heteroatoms. The molecule has 0 bridgehead atoms. The van der Waals surface area contributed by atoms with Crippen molar-refractivity contribution in [3.8, 4) is 11.3 Å².